The summed E-state index contributed by atoms with van der Waals surface area (Å²) in [6.45, 7) is 0.970. The van der Waals surface area contributed by atoms with Crippen molar-refractivity contribution in [3.8, 4) is 0 Å². The van der Waals surface area contributed by atoms with Crippen molar-refractivity contribution in [1.82, 2.24) is 4.98 Å². The van der Waals surface area contributed by atoms with Crippen molar-refractivity contribution in [3.63, 3.8) is 0 Å². The molecule has 0 radical (unpaired) electrons. The molecule has 1 aliphatic rings. The minimum absolute atomic E-state index is 0.662. The summed E-state index contributed by atoms with van der Waals surface area (Å²) in [4.78, 5) is 8.64. The monoisotopic (exact) mass is 301 g/mol. The second kappa shape index (κ2) is 4.75. The highest BCUT2D eigenvalue weighted by molar-refractivity contribution is 7.22. The molecule has 3 aromatic rings. The molecule has 0 unspecified atom stereocenters. The van der Waals surface area contributed by atoms with Crippen molar-refractivity contribution in [1.29, 1.82) is 0 Å². The summed E-state index contributed by atoms with van der Waals surface area (Å²) >= 11 is 3.56. The minimum atomic E-state index is 0.662. The van der Waals surface area contributed by atoms with E-state index in [9.17, 15) is 0 Å². The number of hydrogen-bond acceptors (Lipinski definition) is 5. The predicted octanol–water partition coefficient (Wildman–Crippen LogP) is 4.11. The Morgan fingerprint density at radius 2 is 2.20 bits per heavy atom. The van der Waals surface area contributed by atoms with E-state index in [4.69, 9.17) is 10.7 Å². The zero-order chi connectivity index (χ0) is 13.5. The van der Waals surface area contributed by atoms with E-state index in [2.05, 4.69) is 22.4 Å². The normalized spacial score (nSPS) is 14.8. The molecule has 1 saturated carbocycles. The molecule has 1 aliphatic carbocycles. The summed E-state index contributed by atoms with van der Waals surface area (Å²) in [5, 5.41) is 3.26. The summed E-state index contributed by atoms with van der Waals surface area (Å²) in [5.41, 5.74) is 7.72. The number of thiophene rings is 1. The van der Waals surface area contributed by atoms with Crippen molar-refractivity contribution in [3.05, 3.63) is 40.6 Å². The number of hydrogen-bond donors (Lipinski definition) is 1. The molecule has 0 aliphatic heterocycles. The molecular weight excluding hydrogens is 286 g/mol. The van der Waals surface area contributed by atoms with Crippen LogP contribution in [0.15, 0.2) is 35.7 Å². The third-order valence-electron chi connectivity index (χ3n) is 3.54. The first kappa shape index (κ1) is 12.2. The third kappa shape index (κ3) is 2.27. The van der Waals surface area contributed by atoms with Crippen LogP contribution in [-0.2, 0) is 6.54 Å². The molecule has 0 atom stereocenters. The largest absolute Gasteiger partial charge is 0.399 e. The Balaban J connectivity index is 1.70. The molecule has 2 aromatic heterocycles. The SMILES string of the molecule is Nc1ccc2nc(N(Cc3cccs3)C3CC3)sc2c1. The topological polar surface area (TPSA) is 42.1 Å². The Kier molecular flexibility index (Phi) is 2.89. The number of anilines is 2. The predicted molar refractivity (Wildman–Crippen MR) is 87.6 cm³/mol. The zero-order valence-electron chi connectivity index (χ0n) is 11.0. The summed E-state index contributed by atoms with van der Waals surface area (Å²) in [6, 6.07) is 10.9. The number of aromatic nitrogens is 1. The maximum Gasteiger partial charge on any atom is 0.187 e. The van der Waals surface area contributed by atoms with E-state index in [-0.39, 0.29) is 0 Å². The van der Waals surface area contributed by atoms with Gasteiger partial charge in [0.1, 0.15) is 0 Å². The van der Waals surface area contributed by atoms with Crippen LogP contribution in [-0.4, -0.2) is 11.0 Å². The van der Waals surface area contributed by atoms with Crippen LogP contribution in [0.2, 0.25) is 0 Å². The fourth-order valence-corrected chi connectivity index (χ4v) is 4.15. The molecule has 5 heteroatoms. The van der Waals surface area contributed by atoms with Gasteiger partial charge in [-0.25, -0.2) is 4.98 Å². The van der Waals surface area contributed by atoms with Gasteiger partial charge in [-0.15, -0.1) is 11.3 Å². The van der Waals surface area contributed by atoms with Gasteiger partial charge in [-0.2, -0.15) is 0 Å². The van der Waals surface area contributed by atoms with Crippen molar-refractivity contribution in [2.24, 2.45) is 0 Å². The summed E-state index contributed by atoms with van der Waals surface area (Å²) < 4.78 is 1.18. The molecule has 4 rings (SSSR count). The van der Waals surface area contributed by atoms with Crippen molar-refractivity contribution in [2.45, 2.75) is 25.4 Å². The number of nitrogen functional groups attached to an aromatic ring is 1. The van der Waals surface area contributed by atoms with Gasteiger partial charge in [-0.05, 0) is 42.5 Å². The van der Waals surface area contributed by atoms with Gasteiger partial charge in [-0.3, -0.25) is 0 Å². The number of nitrogens with two attached hydrogens (primary N) is 1. The van der Waals surface area contributed by atoms with Gasteiger partial charge < -0.3 is 10.6 Å². The second-order valence-corrected chi connectivity index (χ2v) is 7.20. The first-order valence-corrected chi connectivity index (χ1v) is 8.44. The molecule has 1 aromatic carbocycles. The molecule has 2 heterocycles. The Morgan fingerprint density at radius 1 is 1.30 bits per heavy atom. The molecule has 2 N–H and O–H groups in total. The molecule has 1 fully saturated rings. The van der Waals surface area contributed by atoms with Crippen LogP contribution < -0.4 is 10.6 Å². The summed E-state index contributed by atoms with van der Waals surface area (Å²) in [7, 11) is 0. The number of benzene rings is 1. The molecule has 3 nitrogen and oxygen atoms in total. The molecule has 20 heavy (non-hydrogen) atoms. The highest BCUT2D eigenvalue weighted by atomic mass is 32.1. The van der Waals surface area contributed by atoms with E-state index in [1.54, 1.807) is 11.3 Å². The molecular formula is C15H15N3S2. The number of thiazole rings is 1. The van der Waals surface area contributed by atoms with Crippen LogP contribution in [0.4, 0.5) is 10.8 Å². The molecule has 0 spiro atoms. The van der Waals surface area contributed by atoms with E-state index in [1.807, 2.05) is 29.5 Å². The van der Waals surface area contributed by atoms with Crippen LogP contribution in [0.25, 0.3) is 10.2 Å². The van der Waals surface area contributed by atoms with Gasteiger partial charge in [-0.1, -0.05) is 17.4 Å². The van der Waals surface area contributed by atoms with Gasteiger partial charge in [0, 0.05) is 16.6 Å². The van der Waals surface area contributed by atoms with E-state index < -0.39 is 0 Å². The van der Waals surface area contributed by atoms with Gasteiger partial charge in [0.25, 0.3) is 0 Å². The van der Waals surface area contributed by atoms with Crippen molar-refractivity contribution < 1.29 is 0 Å². The van der Waals surface area contributed by atoms with Gasteiger partial charge >= 0.3 is 0 Å². The van der Waals surface area contributed by atoms with Crippen LogP contribution in [0, 0.1) is 0 Å². The summed E-state index contributed by atoms with van der Waals surface area (Å²) in [5.74, 6) is 0. The molecule has 0 amide bonds. The first-order chi connectivity index (χ1) is 9.79. The van der Waals surface area contributed by atoms with Crippen molar-refractivity contribution in [2.75, 3.05) is 10.6 Å². The van der Waals surface area contributed by atoms with Crippen LogP contribution in [0.1, 0.15) is 17.7 Å². The Bertz CT molecular complexity index is 729. The fourth-order valence-electron chi connectivity index (χ4n) is 2.36. The van der Waals surface area contributed by atoms with Crippen LogP contribution >= 0.6 is 22.7 Å². The maximum atomic E-state index is 5.86. The lowest BCUT2D eigenvalue weighted by Gasteiger charge is -2.20. The second-order valence-electron chi connectivity index (χ2n) is 5.16. The van der Waals surface area contributed by atoms with Gasteiger partial charge in [0.15, 0.2) is 5.13 Å². The third-order valence-corrected chi connectivity index (χ3v) is 5.46. The number of fused-ring (bicyclic) bond motifs is 1. The van der Waals surface area contributed by atoms with E-state index in [0.717, 1.165) is 22.9 Å². The zero-order valence-corrected chi connectivity index (χ0v) is 12.6. The standard InChI is InChI=1S/C15H15N3S2/c16-10-3-6-13-14(8-10)20-15(17-13)18(11-4-5-11)9-12-2-1-7-19-12/h1-3,6-8,11H,4-5,9,16H2. The lowest BCUT2D eigenvalue weighted by atomic mass is 10.3. The highest BCUT2D eigenvalue weighted by Gasteiger charge is 2.31. The fraction of sp³-hybridized carbons (Fsp3) is 0.267. The molecule has 102 valence electrons. The van der Waals surface area contributed by atoms with E-state index >= 15 is 0 Å². The van der Waals surface area contributed by atoms with Crippen LogP contribution in [0.5, 0.6) is 0 Å². The summed E-state index contributed by atoms with van der Waals surface area (Å²) in [6.07, 6.45) is 2.56. The minimum Gasteiger partial charge on any atom is -0.399 e. The van der Waals surface area contributed by atoms with E-state index in [0.29, 0.717) is 6.04 Å². The average molecular weight is 301 g/mol. The lowest BCUT2D eigenvalue weighted by molar-refractivity contribution is 0.800. The van der Waals surface area contributed by atoms with Gasteiger partial charge in [0.05, 0.1) is 16.8 Å². The smallest absolute Gasteiger partial charge is 0.187 e. The lowest BCUT2D eigenvalue weighted by Crippen LogP contribution is -2.24. The van der Waals surface area contributed by atoms with Crippen molar-refractivity contribution >= 4 is 43.7 Å². The molecule has 0 saturated heterocycles. The Hall–Kier alpha value is -1.59. The quantitative estimate of drug-likeness (QED) is 0.737. The first-order valence-electron chi connectivity index (χ1n) is 6.75. The van der Waals surface area contributed by atoms with Gasteiger partial charge in [0.2, 0.25) is 0 Å². The van der Waals surface area contributed by atoms with E-state index in [1.165, 1.54) is 22.4 Å². The number of rotatable bonds is 4. The number of nitrogens with zero attached hydrogens (tertiary/aromatic N) is 2. The maximum absolute atomic E-state index is 5.86. The highest BCUT2D eigenvalue weighted by Crippen LogP contribution is 2.38. The van der Waals surface area contributed by atoms with Crippen LogP contribution in [0.3, 0.4) is 0 Å². The Morgan fingerprint density at radius 3 is 2.95 bits per heavy atom. The Labute approximate surface area is 125 Å². The average Bonchev–Trinajstić information content (AvgIpc) is 2.99. The molecule has 0 bridgehead atoms.